The lowest BCUT2D eigenvalue weighted by atomic mass is 10.1. The van der Waals surface area contributed by atoms with Crippen LogP contribution in [0.5, 0.6) is 11.5 Å². The number of aromatic nitrogens is 1. The molecule has 0 spiro atoms. The number of morpholine rings is 1. The number of methoxy groups -OCH3 is 1. The Morgan fingerprint density at radius 3 is 2.67 bits per heavy atom. The first-order valence-corrected chi connectivity index (χ1v) is 12.2. The lowest BCUT2D eigenvalue weighted by Crippen LogP contribution is -2.43. The quantitative estimate of drug-likeness (QED) is 0.447. The highest BCUT2D eigenvalue weighted by Gasteiger charge is 2.23. The minimum absolute atomic E-state index is 0.0124. The molecule has 7 nitrogen and oxygen atoms in total. The van der Waals surface area contributed by atoms with Crippen LogP contribution in [0.2, 0.25) is 5.02 Å². The molecule has 1 amide bonds. The summed E-state index contributed by atoms with van der Waals surface area (Å²) >= 11 is 7.84. The maximum absolute atomic E-state index is 13.5. The minimum atomic E-state index is -0.0124. The molecule has 1 aromatic heterocycles. The van der Waals surface area contributed by atoms with Gasteiger partial charge in [0.05, 0.1) is 43.1 Å². The van der Waals surface area contributed by atoms with Crippen LogP contribution in [0.3, 0.4) is 0 Å². The normalized spacial score (nSPS) is 14.4. The zero-order valence-electron chi connectivity index (χ0n) is 18.9. The Bertz CT molecular complexity index is 1080. The third-order valence-electron chi connectivity index (χ3n) is 5.53. The first kappa shape index (κ1) is 23.8. The van der Waals surface area contributed by atoms with Crippen LogP contribution >= 0.6 is 22.9 Å². The molecule has 1 aliphatic heterocycles. The summed E-state index contributed by atoms with van der Waals surface area (Å²) in [5, 5.41) is 1.22. The maximum Gasteiger partial charge on any atom is 0.233 e. The minimum Gasteiger partial charge on any atom is -0.494 e. The number of benzene rings is 2. The van der Waals surface area contributed by atoms with Crippen LogP contribution in [0, 0.1) is 0 Å². The molecule has 0 saturated carbocycles. The highest BCUT2D eigenvalue weighted by molar-refractivity contribution is 7.23. The summed E-state index contributed by atoms with van der Waals surface area (Å²) in [5.74, 6) is 1.43. The summed E-state index contributed by atoms with van der Waals surface area (Å²) in [6, 6.07) is 11.3. The summed E-state index contributed by atoms with van der Waals surface area (Å²) in [5.41, 5.74) is 1.60. The van der Waals surface area contributed by atoms with Gasteiger partial charge in [0.25, 0.3) is 0 Å². The van der Waals surface area contributed by atoms with Crippen LogP contribution in [-0.4, -0.2) is 68.9 Å². The van der Waals surface area contributed by atoms with Gasteiger partial charge in [-0.15, -0.1) is 0 Å². The third kappa shape index (κ3) is 5.76. The Hall–Kier alpha value is -2.39. The number of thiazole rings is 1. The van der Waals surface area contributed by atoms with Crippen molar-refractivity contribution in [2.45, 2.75) is 13.3 Å². The first-order chi connectivity index (χ1) is 16.1. The number of carbonyl (C=O) groups is 1. The Kier molecular flexibility index (Phi) is 8.03. The number of ether oxygens (including phenoxy) is 3. The van der Waals surface area contributed by atoms with Crippen LogP contribution < -0.4 is 14.4 Å². The zero-order chi connectivity index (χ0) is 23.2. The van der Waals surface area contributed by atoms with Crippen LogP contribution in [0.15, 0.2) is 36.4 Å². The number of fused-ring (bicyclic) bond motifs is 1. The Morgan fingerprint density at radius 2 is 1.97 bits per heavy atom. The van der Waals surface area contributed by atoms with E-state index in [-0.39, 0.29) is 12.3 Å². The van der Waals surface area contributed by atoms with Gasteiger partial charge >= 0.3 is 0 Å². The summed E-state index contributed by atoms with van der Waals surface area (Å²) < 4.78 is 17.2. The molecular weight excluding hydrogens is 462 g/mol. The molecule has 0 unspecified atom stereocenters. The van der Waals surface area contributed by atoms with Crippen LogP contribution in [0.25, 0.3) is 10.2 Å². The number of carbonyl (C=O) groups excluding carboxylic acids is 1. The number of anilines is 1. The van der Waals surface area contributed by atoms with Gasteiger partial charge in [0.15, 0.2) is 5.13 Å². The van der Waals surface area contributed by atoms with Crippen molar-refractivity contribution in [1.82, 2.24) is 9.88 Å². The first-order valence-electron chi connectivity index (χ1n) is 11.0. The van der Waals surface area contributed by atoms with E-state index in [1.807, 2.05) is 31.2 Å². The van der Waals surface area contributed by atoms with Crippen molar-refractivity contribution in [2.24, 2.45) is 0 Å². The van der Waals surface area contributed by atoms with E-state index in [4.69, 9.17) is 30.8 Å². The van der Waals surface area contributed by atoms with Crippen molar-refractivity contribution < 1.29 is 19.0 Å². The zero-order valence-corrected chi connectivity index (χ0v) is 20.5. The van der Waals surface area contributed by atoms with Crippen LogP contribution in [-0.2, 0) is 16.0 Å². The fourth-order valence-electron chi connectivity index (χ4n) is 3.75. The predicted molar refractivity (Wildman–Crippen MR) is 132 cm³/mol. The van der Waals surface area contributed by atoms with Gasteiger partial charge in [-0.1, -0.05) is 35.1 Å². The van der Waals surface area contributed by atoms with Gasteiger partial charge in [0, 0.05) is 26.2 Å². The van der Waals surface area contributed by atoms with Crippen molar-refractivity contribution in [2.75, 3.05) is 58.0 Å². The largest absolute Gasteiger partial charge is 0.494 e. The molecule has 3 aromatic rings. The monoisotopic (exact) mass is 489 g/mol. The predicted octanol–water partition coefficient (Wildman–Crippen LogP) is 4.26. The van der Waals surface area contributed by atoms with Gasteiger partial charge in [0.1, 0.15) is 17.0 Å². The van der Waals surface area contributed by atoms with Crippen LogP contribution in [0.1, 0.15) is 12.5 Å². The van der Waals surface area contributed by atoms with E-state index in [2.05, 4.69) is 4.90 Å². The number of rotatable bonds is 9. The number of nitrogens with zero attached hydrogens (tertiary/aromatic N) is 3. The fourth-order valence-corrected chi connectivity index (χ4v) is 5.05. The number of halogens is 1. The lowest BCUT2D eigenvalue weighted by molar-refractivity contribution is -0.118. The fraction of sp³-hybridized carbons (Fsp3) is 0.417. The van der Waals surface area contributed by atoms with Crippen molar-refractivity contribution in [3.05, 3.63) is 47.0 Å². The van der Waals surface area contributed by atoms with Crippen molar-refractivity contribution in [3.63, 3.8) is 0 Å². The van der Waals surface area contributed by atoms with Gasteiger partial charge in [-0.2, -0.15) is 0 Å². The molecule has 0 bridgehead atoms. The van der Waals surface area contributed by atoms with E-state index in [1.165, 1.54) is 11.3 Å². The molecule has 176 valence electrons. The number of amides is 1. The summed E-state index contributed by atoms with van der Waals surface area (Å²) in [6.07, 6.45) is 0.274. The third-order valence-corrected chi connectivity index (χ3v) is 7.07. The number of hydrogen-bond acceptors (Lipinski definition) is 7. The van der Waals surface area contributed by atoms with Crippen molar-refractivity contribution >= 4 is 44.2 Å². The summed E-state index contributed by atoms with van der Waals surface area (Å²) in [4.78, 5) is 22.3. The van der Waals surface area contributed by atoms with E-state index in [1.54, 1.807) is 24.1 Å². The molecule has 1 aliphatic rings. The second-order valence-electron chi connectivity index (χ2n) is 7.68. The molecule has 0 N–H and O–H groups in total. The Labute approximate surface area is 202 Å². The smallest absolute Gasteiger partial charge is 0.233 e. The van der Waals surface area contributed by atoms with Gasteiger partial charge in [-0.05, 0) is 36.8 Å². The molecule has 0 atom stereocenters. The van der Waals surface area contributed by atoms with E-state index >= 15 is 0 Å². The maximum atomic E-state index is 13.5. The van der Waals surface area contributed by atoms with Crippen molar-refractivity contribution in [3.8, 4) is 11.5 Å². The topological polar surface area (TPSA) is 64.1 Å². The second-order valence-corrected chi connectivity index (χ2v) is 9.06. The highest BCUT2D eigenvalue weighted by Crippen LogP contribution is 2.38. The summed E-state index contributed by atoms with van der Waals surface area (Å²) in [6.45, 7) is 7.00. The second kappa shape index (κ2) is 11.2. The molecular formula is C24H28ClN3O4S. The molecule has 2 heterocycles. The van der Waals surface area contributed by atoms with Gasteiger partial charge in [0.2, 0.25) is 5.91 Å². The van der Waals surface area contributed by atoms with Crippen LogP contribution in [0.4, 0.5) is 5.13 Å². The highest BCUT2D eigenvalue weighted by atomic mass is 35.5. The molecule has 1 fully saturated rings. The Morgan fingerprint density at radius 1 is 1.21 bits per heavy atom. The van der Waals surface area contributed by atoms with Gasteiger partial charge < -0.3 is 14.2 Å². The van der Waals surface area contributed by atoms with Gasteiger partial charge in [-0.25, -0.2) is 4.98 Å². The number of hydrogen-bond donors (Lipinski definition) is 0. The average Bonchev–Trinajstić information content (AvgIpc) is 3.28. The van der Waals surface area contributed by atoms with E-state index in [0.29, 0.717) is 47.8 Å². The van der Waals surface area contributed by atoms with Gasteiger partial charge in [-0.3, -0.25) is 14.6 Å². The standard InChI is InChI=1S/C24H28ClN3O4S/c1-3-32-18-6-4-17(5-7-18)16-21(29)28(11-10-27-12-14-31-15-13-27)24-26-22-20(30-2)9-8-19(25)23(22)33-24/h4-9H,3,10-16H2,1-2H3. The SMILES string of the molecule is CCOc1ccc(CC(=O)N(CCN2CCOCC2)c2nc3c(OC)ccc(Cl)c3s2)cc1. The Balaban J connectivity index is 1.59. The molecule has 9 heteroatoms. The van der Waals surface area contributed by atoms with E-state index < -0.39 is 0 Å². The average molecular weight is 490 g/mol. The molecule has 1 saturated heterocycles. The van der Waals surface area contributed by atoms with Crippen molar-refractivity contribution in [1.29, 1.82) is 0 Å². The summed E-state index contributed by atoms with van der Waals surface area (Å²) in [7, 11) is 1.61. The lowest BCUT2D eigenvalue weighted by Gasteiger charge is -2.29. The van der Waals surface area contributed by atoms with E-state index in [9.17, 15) is 4.79 Å². The molecule has 33 heavy (non-hydrogen) atoms. The molecule has 2 aromatic carbocycles. The molecule has 0 aliphatic carbocycles. The molecule has 0 radical (unpaired) electrons. The molecule has 4 rings (SSSR count). The van der Waals surface area contributed by atoms with E-state index in [0.717, 1.165) is 35.6 Å².